The lowest BCUT2D eigenvalue weighted by Gasteiger charge is -2.42. The Morgan fingerprint density at radius 2 is 1.34 bits per heavy atom. The topological polar surface area (TPSA) is 210 Å². The number of benzene rings is 4. The molecule has 4 fully saturated rings. The summed E-state index contributed by atoms with van der Waals surface area (Å²) in [5.41, 5.74) is 12.6. The molecule has 2 saturated heterocycles. The number of allylic oxidation sites excluding steroid dienone is 2. The van der Waals surface area contributed by atoms with E-state index in [0.29, 0.717) is 53.7 Å². The molecule has 0 radical (unpaired) electrons. The van der Waals surface area contributed by atoms with Gasteiger partial charge in [-0.3, -0.25) is 14.3 Å². The number of aromatic nitrogens is 4. The first-order valence-corrected chi connectivity index (χ1v) is 34.9. The summed E-state index contributed by atoms with van der Waals surface area (Å²) in [4.78, 5) is 61.3. The van der Waals surface area contributed by atoms with E-state index >= 15 is 4.79 Å². The second kappa shape index (κ2) is 24.3. The van der Waals surface area contributed by atoms with E-state index < -0.39 is 38.7 Å². The van der Waals surface area contributed by atoms with Gasteiger partial charge in [-0.1, -0.05) is 44.2 Å². The molecule has 2 aliphatic carbocycles. The molecule has 18 nitrogen and oxygen atoms in total. The Balaban J connectivity index is 0.831. The molecule has 14 rings (SSSR count). The number of aromatic carboxylic acids is 1. The van der Waals surface area contributed by atoms with Gasteiger partial charge in [0.25, 0.3) is 11.8 Å². The molecule has 19 heteroatoms. The zero-order valence-corrected chi connectivity index (χ0v) is 55.9. The quantitative estimate of drug-likeness (QED) is 0.0972. The molecule has 5 atom stereocenters. The largest absolute Gasteiger partial charge is 0.497 e. The SMILES string of the molecule is CCOC(=O)c1cnn(C(C)(C)C)c1C1=Cc2cc(OC)ccc2-c2c(C3CCCC(C4CC5CN(C)CC4N5C(=O)c4ccoc4C4=Cc5cc(OC)ccc5-c5c(C6CCCCC6)c6ccc(C(=O)NS(=O)(=O)C(C)C)cc6n5C4)C3)c3ccc(C(=O)O)cc3n2C1. The minimum Gasteiger partial charge on any atom is -0.497 e. The number of likely N-dealkylation sites (tertiary alicyclic amines) is 1. The lowest BCUT2D eigenvalue weighted by molar-refractivity contribution is 0.0396. The summed E-state index contributed by atoms with van der Waals surface area (Å²) in [7, 11) is 1.54. The highest BCUT2D eigenvalue weighted by Crippen LogP contribution is 2.54. The van der Waals surface area contributed by atoms with Crippen molar-refractivity contribution in [3.63, 3.8) is 0 Å². The number of rotatable bonds is 14. The number of esters is 1. The summed E-state index contributed by atoms with van der Waals surface area (Å²) in [6, 6.07) is 24.9. The van der Waals surface area contributed by atoms with Crippen molar-refractivity contribution < 1.29 is 51.3 Å². The Morgan fingerprint density at radius 3 is 1.97 bits per heavy atom. The number of sulfonamides is 1. The van der Waals surface area contributed by atoms with E-state index in [9.17, 15) is 27.9 Å². The number of carboxylic acid groups (broad SMARTS) is 1. The number of hydrogen-bond donors (Lipinski definition) is 2. The molecule has 490 valence electrons. The van der Waals surface area contributed by atoms with Gasteiger partial charge in [-0.15, -0.1) is 0 Å². The van der Waals surface area contributed by atoms with Gasteiger partial charge in [-0.05, 0) is 211 Å². The molecule has 5 unspecified atom stereocenters. The number of piperazine rings is 1. The molecule has 2 saturated carbocycles. The third-order valence-electron chi connectivity index (χ3n) is 21.1. The summed E-state index contributed by atoms with van der Waals surface area (Å²) in [6.45, 7) is 13.2. The van der Waals surface area contributed by atoms with E-state index in [1.54, 1.807) is 65.6 Å². The molecule has 6 aliphatic rings. The van der Waals surface area contributed by atoms with Gasteiger partial charge < -0.3 is 42.7 Å². The molecule has 2 amide bonds. The summed E-state index contributed by atoms with van der Waals surface area (Å²) in [5, 5.41) is 16.6. The first-order valence-electron chi connectivity index (χ1n) is 33.4. The number of ether oxygens (including phenoxy) is 3. The van der Waals surface area contributed by atoms with E-state index in [1.165, 1.54) is 11.1 Å². The van der Waals surface area contributed by atoms with Crippen LogP contribution in [0.15, 0.2) is 95.7 Å². The van der Waals surface area contributed by atoms with E-state index in [1.807, 2.05) is 53.2 Å². The Kier molecular flexibility index (Phi) is 16.2. The molecule has 8 heterocycles. The fourth-order valence-corrected chi connectivity index (χ4v) is 17.5. The van der Waals surface area contributed by atoms with Gasteiger partial charge in [0.05, 0.1) is 85.4 Å². The van der Waals surface area contributed by atoms with Crippen molar-refractivity contribution in [1.82, 2.24) is 33.4 Å². The van der Waals surface area contributed by atoms with Crippen molar-refractivity contribution in [3.05, 3.63) is 147 Å². The Bertz CT molecular complexity index is 4580. The Labute approximate surface area is 548 Å². The van der Waals surface area contributed by atoms with Crippen LogP contribution in [0.3, 0.4) is 0 Å². The molecule has 2 bridgehead atoms. The van der Waals surface area contributed by atoms with Gasteiger partial charge in [0.2, 0.25) is 10.0 Å². The number of methoxy groups -OCH3 is 2. The number of fused-ring (bicyclic) bond motifs is 12. The summed E-state index contributed by atoms with van der Waals surface area (Å²) < 4.78 is 58.9. The van der Waals surface area contributed by atoms with Crippen LogP contribution in [0.4, 0.5) is 0 Å². The average Bonchev–Trinajstić information content (AvgIpc) is 1.58. The van der Waals surface area contributed by atoms with E-state index in [-0.39, 0.29) is 59.4 Å². The van der Waals surface area contributed by atoms with Crippen LogP contribution in [0.2, 0.25) is 0 Å². The van der Waals surface area contributed by atoms with Gasteiger partial charge in [0, 0.05) is 69.2 Å². The first-order chi connectivity index (χ1) is 45.1. The minimum atomic E-state index is -3.92. The third-order valence-corrected chi connectivity index (χ3v) is 22.8. The smallest absolute Gasteiger partial charge is 0.341 e. The maximum atomic E-state index is 16.0. The molecule has 4 aromatic heterocycles. The highest BCUT2D eigenvalue weighted by molar-refractivity contribution is 7.90. The summed E-state index contributed by atoms with van der Waals surface area (Å²) >= 11 is 0. The van der Waals surface area contributed by atoms with E-state index in [0.717, 1.165) is 137 Å². The van der Waals surface area contributed by atoms with Crippen molar-refractivity contribution in [2.24, 2.45) is 11.8 Å². The first kappa shape index (κ1) is 62.8. The predicted molar refractivity (Wildman–Crippen MR) is 364 cm³/mol. The number of carbonyl (C=O) groups excluding carboxylic acids is 3. The highest BCUT2D eigenvalue weighted by atomic mass is 32.2. The number of hydrogen-bond acceptors (Lipinski definition) is 12. The lowest BCUT2D eigenvalue weighted by Crippen LogP contribution is -2.56. The average molecular weight is 1290 g/mol. The normalized spacial score (nSPS) is 20.8. The number of nitrogens with zero attached hydrogens (tertiary/aromatic N) is 6. The van der Waals surface area contributed by atoms with Gasteiger partial charge in [-0.2, -0.15) is 5.10 Å². The number of carbonyl (C=O) groups is 4. The van der Waals surface area contributed by atoms with Crippen LogP contribution in [-0.4, -0.2) is 124 Å². The number of furan rings is 1. The number of amides is 2. The summed E-state index contributed by atoms with van der Waals surface area (Å²) in [5.74, 6) is 0.298. The lowest BCUT2D eigenvalue weighted by atomic mass is 9.70. The maximum Gasteiger partial charge on any atom is 0.341 e. The van der Waals surface area contributed by atoms with Gasteiger partial charge in [0.15, 0.2) is 0 Å². The second-order valence-electron chi connectivity index (χ2n) is 28.1. The predicted octanol–water partition coefficient (Wildman–Crippen LogP) is 14.1. The fourth-order valence-electron chi connectivity index (χ4n) is 16.8. The van der Waals surface area contributed by atoms with Crippen LogP contribution in [0.5, 0.6) is 11.5 Å². The second-order valence-corrected chi connectivity index (χ2v) is 30.4. The highest BCUT2D eigenvalue weighted by Gasteiger charge is 2.52. The zero-order chi connectivity index (χ0) is 65.8. The van der Waals surface area contributed by atoms with Crippen LogP contribution in [0.1, 0.15) is 193 Å². The van der Waals surface area contributed by atoms with Crippen molar-refractivity contribution >= 4 is 78.9 Å². The monoisotopic (exact) mass is 1290 g/mol. The molecule has 4 aromatic carbocycles. The van der Waals surface area contributed by atoms with E-state index in [4.69, 9.17) is 23.7 Å². The number of likely N-dealkylation sites (N-methyl/N-ethyl adjacent to an activating group) is 1. The standard InChI is InChI=1S/C75H83N7O11S/c1-10-92-74(87)61-37-76-82(75(4,5)6)67(61)50-30-48-32-53(90-8)21-25-55(48)69-66(58-24-20-47(73(85)86)35-63(58)79(69)38-50)45-18-14-17-44(29-45)60-36-52-40-78(7)41-64(60)81(52)72(84)59-27-28-93-70(59)51-31-49-33-54(91-9)22-26-56(49)68-65(43-15-12-11-13-16-43)57-23-19-46(34-62(57)80(68)39-51)71(83)77-94(88,89)42(2)3/h19-28,30-35,37,42-45,52,60,64H,10-18,29,36,38-41H2,1-9H3,(H,77,83)(H,85,86). The van der Waals surface area contributed by atoms with Crippen LogP contribution in [0.25, 0.3) is 67.6 Å². The number of nitrogens with one attached hydrogen (secondary N) is 1. The van der Waals surface area contributed by atoms with Crippen LogP contribution < -0.4 is 14.2 Å². The Morgan fingerprint density at radius 1 is 0.723 bits per heavy atom. The van der Waals surface area contributed by atoms with Gasteiger partial charge in [-0.25, -0.2) is 22.7 Å². The Hall–Kier alpha value is -8.68. The fraction of sp³-hybridized carbons (Fsp3) is 0.427. The zero-order valence-electron chi connectivity index (χ0n) is 55.1. The van der Waals surface area contributed by atoms with Crippen molar-refractivity contribution in [3.8, 4) is 34.0 Å². The van der Waals surface area contributed by atoms with Gasteiger partial charge in [0.1, 0.15) is 22.8 Å². The molecular weight excluding hydrogens is 1210 g/mol. The maximum absolute atomic E-state index is 16.0. The van der Waals surface area contributed by atoms with Crippen LogP contribution in [-0.2, 0) is 33.4 Å². The molecule has 2 N–H and O–H groups in total. The molecule has 0 spiro atoms. The van der Waals surface area contributed by atoms with Crippen molar-refractivity contribution in [2.45, 2.75) is 154 Å². The van der Waals surface area contributed by atoms with Crippen LogP contribution in [0, 0.1) is 11.8 Å². The van der Waals surface area contributed by atoms with E-state index in [2.05, 4.69) is 75.8 Å². The van der Waals surface area contributed by atoms with Crippen LogP contribution >= 0.6 is 0 Å². The molecular formula is C75H83N7O11S. The number of carboxylic acids is 1. The van der Waals surface area contributed by atoms with Crippen molar-refractivity contribution in [2.75, 3.05) is 41.0 Å². The molecule has 94 heavy (non-hydrogen) atoms. The summed E-state index contributed by atoms with van der Waals surface area (Å²) in [6.07, 6.45) is 17.4. The third kappa shape index (κ3) is 10.8. The van der Waals surface area contributed by atoms with Crippen molar-refractivity contribution in [1.29, 1.82) is 0 Å². The molecule has 8 aromatic rings. The molecule has 4 aliphatic heterocycles. The minimum absolute atomic E-state index is 0.0620. The van der Waals surface area contributed by atoms with Gasteiger partial charge >= 0.3 is 11.9 Å².